The lowest BCUT2D eigenvalue weighted by Crippen LogP contribution is -2.32. The van der Waals surface area contributed by atoms with Gasteiger partial charge in [-0.15, -0.1) is 0 Å². The molecule has 1 amide bonds. The molecular formula is C16H22N2O5. The molecule has 0 N–H and O–H groups in total. The normalized spacial score (nSPS) is 15.0. The number of carbonyl (C=O) groups excluding carboxylic acids is 1. The number of likely N-dealkylation sites (tertiary alicyclic amines) is 1. The van der Waals surface area contributed by atoms with Gasteiger partial charge in [0, 0.05) is 19.2 Å². The third-order valence-electron chi connectivity index (χ3n) is 3.90. The molecule has 0 bridgehead atoms. The van der Waals surface area contributed by atoms with E-state index in [0.717, 1.165) is 25.7 Å². The van der Waals surface area contributed by atoms with Gasteiger partial charge in [-0.25, -0.2) is 0 Å². The molecule has 1 heterocycles. The second-order valence-corrected chi connectivity index (χ2v) is 5.42. The molecule has 1 aliphatic rings. The number of amides is 1. The van der Waals surface area contributed by atoms with E-state index in [2.05, 4.69) is 0 Å². The number of hydrogen-bond donors (Lipinski definition) is 0. The summed E-state index contributed by atoms with van der Waals surface area (Å²) in [6.07, 6.45) is 4.01. The van der Waals surface area contributed by atoms with Crippen LogP contribution in [0.25, 0.3) is 0 Å². The molecule has 0 unspecified atom stereocenters. The van der Waals surface area contributed by atoms with Gasteiger partial charge in [-0.1, -0.05) is 12.8 Å². The molecule has 0 aromatic heterocycles. The van der Waals surface area contributed by atoms with E-state index in [1.54, 1.807) is 11.8 Å². The van der Waals surface area contributed by atoms with Crippen LogP contribution in [0.5, 0.6) is 11.5 Å². The van der Waals surface area contributed by atoms with Gasteiger partial charge in [0.15, 0.2) is 11.5 Å². The van der Waals surface area contributed by atoms with Crippen molar-refractivity contribution in [2.45, 2.75) is 32.6 Å². The fourth-order valence-electron chi connectivity index (χ4n) is 2.74. The van der Waals surface area contributed by atoms with Crippen molar-refractivity contribution in [2.24, 2.45) is 0 Å². The maximum absolute atomic E-state index is 12.7. The maximum Gasteiger partial charge on any atom is 0.286 e. The number of nitro groups is 1. The molecule has 1 aromatic rings. The number of benzene rings is 1. The van der Waals surface area contributed by atoms with Crippen LogP contribution in [0.3, 0.4) is 0 Å². The van der Waals surface area contributed by atoms with Crippen LogP contribution in [-0.2, 0) is 0 Å². The zero-order chi connectivity index (χ0) is 16.8. The third-order valence-corrected chi connectivity index (χ3v) is 3.90. The van der Waals surface area contributed by atoms with E-state index in [1.165, 1.54) is 19.2 Å². The van der Waals surface area contributed by atoms with Gasteiger partial charge >= 0.3 is 0 Å². The molecule has 2 rings (SSSR count). The predicted octanol–water partition coefficient (Wildman–Crippen LogP) is 3.02. The van der Waals surface area contributed by atoms with E-state index in [1.807, 2.05) is 0 Å². The molecule has 1 aliphatic heterocycles. The standard InChI is InChI=1S/C16H22N2O5/c1-3-23-15-11-13(18(20)21)12(10-14(15)22-2)16(19)17-8-6-4-5-7-9-17/h10-11H,3-9H2,1-2H3. The minimum absolute atomic E-state index is 0.0530. The molecule has 1 aromatic carbocycles. The highest BCUT2D eigenvalue weighted by atomic mass is 16.6. The molecule has 0 spiro atoms. The van der Waals surface area contributed by atoms with Crippen molar-refractivity contribution in [1.29, 1.82) is 0 Å². The summed E-state index contributed by atoms with van der Waals surface area (Å²) >= 11 is 0. The molecular weight excluding hydrogens is 300 g/mol. The average Bonchev–Trinajstić information content (AvgIpc) is 2.83. The molecule has 0 atom stereocenters. The van der Waals surface area contributed by atoms with Gasteiger partial charge in [0.25, 0.3) is 11.6 Å². The van der Waals surface area contributed by atoms with Crippen molar-refractivity contribution in [3.05, 3.63) is 27.8 Å². The van der Waals surface area contributed by atoms with E-state index < -0.39 is 4.92 Å². The number of nitrogens with zero attached hydrogens (tertiary/aromatic N) is 2. The topological polar surface area (TPSA) is 81.9 Å². The minimum atomic E-state index is -0.549. The SMILES string of the molecule is CCOc1cc([N+](=O)[O-])c(C(=O)N2CCCCCC2)cc1OC. The van der Waals surface area contributed by atoms with Crippen molar-refractivity contribution < 1.29 is 19.2 Å². The zero-order valence-electron chi connectivity index (χ0n) is 13.5. The van der Waals surface area contributed by atoms with Gasteiger partial charge in [-0.05, 0) is 19.8 Å². The fourth-order valence-corrected chi connectivity index (χ4v) is 2.74. The summed E-state index contributed by atoms with van der Waals surface area (Å²) in [7, 11) is 1.45. The quantitative estimate of drug-likeness (QED) is 0.615. The van der Waals surface area contributed by atoms with Crippen molar-refractivity contribution in [3.63, 3.8) is 0 Å². The summed E-state index contributed by atoms with van der Waals surface area (Å²) < 4.78 is 10.6. The molecule has 1 fully saturated rings. The average molecular weight is 322 g/mol. The predicted molar refractivity (Wildman–Crippen MR) is 85.2 cm³/mol. The Hall–Kier alpha value is -2.31. The summed E-state index contributed by atoms with van der Waals surface area (Å²) in [5.41, 5.74) is -0.194. The molecule has 126 valence electrons. The lowest BCUT2D eigenvalue weighted by atomic mass is 10.1. The van der Waals surface area contributed by atoms with Gasteiger partial charge in [-0.2, -0.15) is 0 Å². The Morgan fingerprint density at radius 1 is 1.22 bits per heavy atom. The lowest BCUT2D eigenvalue weighted by Gasteiger charge is -2.21. The first-order valence-corrected chi connectivity index (χ1v) is 7.87. The minimum Gasteiger partial charge on any atom is -0.493 e. The van der Waals surface area contributed by atoms with Gasteiger partial charge in [0.2, 0.25) is 0 Å². The summed E-state index contributed by atoms with van der Waals surface area (Å²) in [5.74, 6) is 0.282. The van der Waals surface area contributed by atoms with E-state index in [0.29, 0.717) is 25.4 Å². The van der Waals surface area contributed by atoms with Gasteiger partial charge in [-0.3, -0.25) is 14.9 Å². The zero-order valence-corrected chi connectivity index (χ0v) is 13.5. The Labute approximate surface area is 135 Å². The first-order valence-electron chi connectivity index (χ1n) is 7.87. The van der Waals surface area contributed by atoms with Crippen LogP contribution in [0.4, 0.5) is 5.69 Å². The molecule has 0 aliphatic carbocycles. The Balaban J connectivity index is 2.42. The van der Waals surface area contributed by atoms with Gasteiger partial charge in [0.1, 0.15) is 5.56 Å². The monoisotopic (exact) mass is 322 g/mol. The second-order valence-electron chi connectivity index (χ2n) is 5.42. The molecule has 0 saturated carbocycles. The van der Waals surface area contributed by atoms with Crippen LogP contribution in [-0.4, -0.2) is 42.5 Å². The summed E-state index contributed by atoms with van der Waals surface area (Å²) in [4.78, 5) is 25.3. The summed E-state index contributed by atoms with van der Waals surface area (Å²) in [5, 5.41) is 11.4. The first-order chi connectivity index (χ1) is 11.1. The van der Waals surface area contributed by atoms with Crippen LogP contribution in [0.15, 0.2) is 12.1 Å². The number of carbonyl (C=O) groups is 1. The molecule has 7 nitrogen and oxygen atoms in total. The highest BCUT2D eigenvalue weighted by molar-refractivity contribution is 5.99. The Bertz CT molecular complexity index is 580. The van der Waals surface area contributed by atoms with E-state index in [-0.39, 0.29) is 22.9 Å². The van der Waals surface area contributed by atoms with Gasteiger partial charge in [0.05, 0.1) is 24.7 Å². The largest absolute Gasteiger partial charge is 0.493 e. The molecule has 1 saturated heterocycles. The number of methoxy groups -OCH3 is 1. The molecule has 23 heavy (non-hydrogen) atoms. The van der Waals surface area contributed by atoms with Crippen molar-refractivity contribution in [2.75, 3.05) is 26.8 Å². The lowest BCUT2D eigenvalue weighted by molar-refractivity contribution is -0.385. The maximum atomic E-state index is 12.7. The fraction of sp³-hybridized carbons (Fsp3) is 0.562. The first kappa shape index (κ1) is 17.1. The number of ether oxygens (including phenoxy) is 2. The van der Waals surface area contributed by atoms with Crippen LogP contribution in [0, 0.1) is 10.1 Å². The van der Waals surface area contributed by atoms with E-state index in [4.69, 9.17) is 9.47 Å². The smallest absolute Gasteiger partial charge is 0.286 e. The van der Waals surface area contributed by atoms with Crippen LogP contribution in [0.2, 0.25) is 0 Å². The van der Waals surface area contributed by atoms with Crippen molar-refractivity contribution >= 4 is 11.6 Å². The van der Waals surface area contributed by atoms with Crippen LogP contribution < -0.4 is 9.47 Å². The molecule has 0 radical (unpaired) electrons. The van der Waals surface area contributed by atoms with Gasteiger partial charge < -0.3 is 14.4 Å². The second kappa shape index (κ2) is 7.80. The van der Waals surface area contributed by atoms with E-state index in [9.17, 15) is 14.9 Å². The highest BCUT2D eigenvalue weighted by Crippen LogP contribution is 2.35. The Morgan fingerprint density at radius 3 is 2.39 bits per heavy atom. The number of hydrogen-bond acceptors (Lipinski definition) is 5. The Morgan fingerprint density at radius 2 is 1.87 bits per heavy atom. The van der Waals surface area contributed by atoms with Crippen molar-refractivity contribution in [1.82, 2.24) is 4.90 Å². The number of nitro benzene ring substituents is 1. The Kier molecular flexibility index (Phi) is 5.78. The van der Waals surface area contributed by atoms with Crippen molar-refractivity contribution in [3.8, 4) is 11.5 Å². The molecule has 7 heteroatoms. The summed E-state index contributed by atoms with van der Waals surface area (Å²) in [6.45, 7) is 3.39. The highest BCUT2D eigenvalue weighted by Gasteiger charge is 2.28. The van der Waals surface area contributed by atoms with Crippen LogP contribution in [0.1, 0.15) is 43.0 Å². The van der Waals surface area contributed by atoms with E-state index >= 15 is 0 Å². The summed E-state index contributed by atoms with van der Waals surface area (Å²) in [6, 6.07) is 2.68. The van der Waals surface area contributed by atoms with Crippen LogP contribution >= 0.6 is 0 Å². The third kappa shape index (κ3) is 3.91. The number of rotatable bonds is 5.